The summed E-state index contributed by atoms with van der Waals surface area (Å²) in [5.41, 5.74) is 6.35. The molecule has 0 bridgehead atoms. The molecule has 1 aromatic rings. The molecule has 1 aliphatic heterocycles. The number of nitrogen functional groups attached to an aromatic ring is 1. The Morgan fingerprint density at radius 2 is 1.85 bits per heavy atom. The molecule has 1 heterocycles. The van der Waals surface area contributed by atoms with Gasteiger partial charge in [-0.15, -0.1) is 0 Å². The van der Waals surface area contributed by atoms with Crippen LogP contribution >= 0.6 is 0 Å². The maximum absolute atomic E-state index is 10.2. The molecule has 4 N–H and O–H groups in total. The van der Waals surface area contributed by atoms with Crippen LogP contribution in [0.25, 0.3) is 0 Å². The van der Waals surface area contributed by atoms with E-state index in [-0.39, 0.29) is 0 Å². The van der Waals surface area contributed by atoms with Crippen LogP contribution in [-0.4, -0.2) is 36.4 Å². The Morgan fingerprint density at radius 1 is 1.25 bits per heavy atom. The van der Waals surface area contributed by atoms with Crippen molar-refractivity contribution in [3.05, 3.63) is 24.3 Å². The number of hydrogen-bond donors (Lipinski definition) is 3. The van der Waals surface area contributed by atoms with Gasteiger partial charge in [-0.2, -0.15) is 0 Å². The van der Waals surface area contributed by atoms with Gasteiger partial charge in [0.1, 0.15) is 25.0 Å². The maximum atomic E-state index is 10.2. The Balaban J connectivity index is 1.79. The summed E-state index contributed by atoms with van der Waals surface area (Å²) in [6, 6.07) is 8.54. The molecule has 1 aliphatic rings. The van der Waals surface area contributed by atoms with Gasteiger partial charge in [0.15, 0.2) is 0 Å². The normalized spacial score (nSPS) is 25.4. The summed E-state index contributed by atoms with van der Waals surface area (Å²) in [6.45, 7) is 5.65. The highest BCUT2D eigenvalue weighted by atomic mass is 16.5. The molecule has 3 atom stereocenters. The van der Waals surface area contributed by atoms with Crippen LogP contribution in [0.5, 0.6) is 5.75 Å². The van der Waals surface area contributed by atoms with Crippen molar-refractivity contribution in [3.8, 4) is 5.75 Å². The predicted molar refractivity (Wildman–Crippen MR) is 81.0 cm³/mol. The Bertz CT molecular complexity index is 397. The second-order valence-corrected chi connectivity index (χ2v) is 6.05. The lowest BCUT2D eigenvalue weighted by molar-refractivity contribution is -0.954. The lowest BCUT2D eigenvalue weighted by atomic mass is 9.97. The standard InChI is InChI=1S/C16H26N2O2/c1-12-4-3-5-13(2)18(12)10-15(19)11-20-16-8-6-14(17)7-9-16/h6-9,12-13,15,19H,3-5,10-11,17H2,1-2H3/p+1/t12-,13-,15-/m0/s1. The van der Waals surface area contributed by atoms with E-state index in [1.807, 2.05) is 24.3 Å². The van der Waals surface area contributed by atoms with Crippen molar-refractivity contribution in [1.82, 2.24) is 0 Å². The SMILES string of the molecule is C[C@H]1CCC[C@H](C)[NH+]1C[C@H](O)COc1ccc(N)cc1. The molecule has 0 unspecified atom stereocenters. The number of hydrogen-bond acceptors (Lipinski definition) is 3. The van der Waals surface area contributed by atoms with Crippen molar-refractivity contribution in [1.29, 1.82) is 0 Å². The second kappa shape index (κ2) is 6.95. The fourth-order valence-corrected chi connectivity index (χ4v) is 3.08. The molecule has 0 aromatic heterocycles. The molecular formula is C16H27N2O2+. The highest BCUT2D eigenvalue weighted by Crippen LogP contribution is 2.13. The van der Waals surface area contributed by atoms with Crippen LogP contribution in [0.2, 0.25) is 0 Å². The minimum Gasteiger partial charge on any atom is -0.491 e. The maximum Gasteiger partial charge on any atom is 0.137 e. The van der Waals surface area contributed by atoms with Crippen LogP contribution in [0.4, 0.5) is 5.69 Å². The fourth-order valence-electron chi connectivity index (χ4n) is 3.08. The average molecular weight is 279 g/mol. The summed E-state index contributed by atoms with van der Waals surface area (Å²) in [6.07, 6.45) is 3.39. The Morgan fingerprint density at radius 3 is 2.45 bits per heavy atom. The van der Waals surface area contributed by atoms with Gasteiger partial charge in [-0.1, -0.05) is 0 Å². The topological polar surface area (TPSA) is 59.9 Å². The van der Waals surface area contributed by atoms with Gasteiger partial charge in [-0.25, -0.2) is 0 Å². The third kappa shape index (κ3) is 4.12. The number of nitrogens with two attached hydrogens (primary N) is 1. The van der Waals surface area contributed by atoms with E-state index in [1.165, 1.54) is 24.2 Å². The molecule has 0 amide bonds. The van der Waals surface area contributed by atoms with E-state index in [0.717, 1.165) is 18.0 Å². The number of benzene rings is 1. The molecule has 112 valence electrons. The Hall–Kier alpha value is -1.26. The minimum absolute atomic E-state index is 0.340. The molecule has 2 rings (SSSR count). The molecule has 1 aromatic carbocycles. The van der Waals surface area contributed by atoms with Gasteiger partial charge >= 0.3 is 0 Å². The number of aliphatic hydroxyl groups is 1. The number of likely N-dealkylation sites (tertiary alicyclic amines) is 1. The predicted octanol–water partition coefficient (Wildman–Crippen LogP) is 0.854. The molecule has 1 saturated heterocycles. The third-order valence-electron chi connectivity index (χ3n) is 4.33. The van der Waals surface area contributed by atoms with Crippen molar-refractivity contribution in [2.45, 2.75) is 51.3 Å². The molecule has 1 fully saturated rings. The summed E-state index contributed by atoms with van der Waals surface area (Å²) in [4.78, 5) is 1.50. The number of anilines is 1. The highest BCUT2D eigenvalue weighted by molar-refractivity contribution is 5.41. The van der Waals surface area contributed by atoms with Crippen molar-refractivity contribution >= 4 is 5.69 Å². The zero-order valence-electron chi connectivity index (χ0n) is 12.5. The van der Waals surface area contributed by atoms with Crippen molar-refractivity contribution in [2.75, 3.05) is 18.9 Å². The van der Waals surface area contributed by atoms with Crippen LogP contribution in [0.3, 0.4) is 0 Å². The lowest BCUT2D eigenvalue weighted by Gasteiger charge is -2.36. The van der Waals surface area contributed by atoms with Crippen molar-refractivity contribution < 1.29 is 14.7 Å². The Kier molecular flexibility index (Phi) is 5.26. The third-order valence-corrected chi connectivity index (χ3v) is 4.33. The van der Waals surface area contributed by atoms with Crippen LogP contribution in [0, 0.1) is 0 Å². The zero-order valence-corrected chi connectivity index (χ0v) is 12.5. The van der Waals surface area contributed by atoms with Gasteiger partial charge in [0.2, 0.25) is 0 Å². The van der Waals surface area contributed by atoms with Gasteiger partial charge in [0.05, 0.1) is 12.1 Å². The van der Waals surface area contributed by atoms with Gasteiger partial charge < -0.3 is 20.5 Å². The number of ether oxygens (including phenoxy) is 1. The van der Waals surface area contributed by atoms with E-state index < -0.39 is 6.10 Å². The monoisotopic (exact) mass is 279 g/mol. The number of nitrogens with one attached hydrogen (secondary N) is 1. The molecule has 0 spiro atoms. The average Bonchev–Trinajstić information content (AvgIpc) is 2.42. The molecule has 4 heteroatoms. The molecular weight excluding hydrogens is 252 g/mol. The molecule has 0 aliphatic carbocycles. The van der Waals surface area contributed by atoms with Crippen LogP contribution in [0.15, 0.2) is 24.3 Å². The molecule has 0 saturated carbocycles. The van der Waals surface area contributed by atoms with E-state index >= 15 is 0 Å². The van der Waals surface area contributed by atoms with Crippen molar-refractivity contribution in [3.63, 3.8) is 0 Å². The van der Waals surface area contributed by atoms with Gasteiger partial charge in [0.25, 0.3) is 0 Å². The lowest BCUT2D eigenvalue weighted by Crippen LogP contribution is -3.20. The van der Waals surface area contributed by atoms with Gasteiger partial charge in [0, 0.05) is 5.69 Å². The van der Waals surface area contributed by atoms with E-state index in [9.17, 15) is 5.11 Å². The number of rotatable bonds is 5. The molecule has 0 radical (unpaired) electrons. The number of piperidine rings is 1. The van der Waals surface area contributed by atoms with Crippen LogP contribution in [0.1, 0.15) is 33.1 Å². The first-order valence-corrected chi connectivity index (χ1v) is 7.58. The number of aliphatic hydroxyl groups excluding tert-OH is 1. The first-order valence-electron chi connectivity index (χ1n) is 7.58. The smallest absolute Gasteiger partial charge is 0.137 e. The summed E-state index contributed by atoms with van der Waals surface area (Å²) in [5, 5.41) is 10.2. The molecule has 4 nitrogen and oxygen atoms in total. The Labute approximate surface area is 121 Å². The van der Waals surface area contributed by atoms with E-state index in [0.29, 0.717) is 18.7 Å². The summed E-state index contributed by atoms with van der Waals surface area (Å²) < 4.78 is 5.62. The number of quaternary nitrogens is 1. The quantitative estimate of drug-likeness (QED) is 0.701. The minimum atomic E-state index is -0.425. The zero-order chi connectivity index (χ0) is 14.5. The van der Waals surface area contributed by atoms with E-state index in [1.54, 1.807) is 0 Å². The fraction of sp³-hybridized carbons (Fsp3) is 0.625. The first kappa shape index (κ1) is 15.1. The van der Waals surface area contributed by atoms with Crippen LogP contribution < -0.4 is 15.4 Å². The largest absolute Gasteiger partial charge is 0.491 e. The summed E-state index contributed by atoms with van der Waals surface area (Å²) >= 11 is 0. The van der Waals surface area contributed by atoms with Gasteiger partial charge in [-0.05, 0) is 57.4 Å². The molecule has 20 heavy (non-hydrogen) atoms. The first-order chi connectivity index (χ1) is 9.56. The van der Waals surface area contributed by atoms with Crippen LogP contribution in [-0.2, 0) is 0 Å². The van der Waals surface area contributed by atoms with E-state index in [2.05, 4.69) is 13.8 Å². The van der Waals surface area contributed by atoms with E-state index in [4.69, 9.17) is 10.5 Å². The summed E-state index contributed by atoms with van der Waals surface area (Å²) in [5.74, 6) is 0.757. The van der Waals surface area contributed by atoms with Gasteiger partial charge in [-0.3, -0.25) is 0 Å². The van der Waals surface area contributed by atoms with Crippen molar-refractivity contribution in [2.24, 2.45) is 0 Å². The second-order valence-electron chi connectivity index (χ2n) is 6.05. The highest BCUT2D eigenvalue weighted by Gasteiger charge is 2.30. The summed E-state index contributed by atoms with van der Waals surface area (Å²) in [7, 11) is 0.